The molecule has 0 aliphatic rings. The Bertz CT molecular complexity index is 1410. The van der Waals surface area contributed by atoms with Crippen LogP contribution in [0.25, 0.3) is 44.2 Å². The number of H-pyrrole nitrogens is 1. The fourth-order valence-corrected chi connectivity index (χ4v) is 4.68. The SMILES string of the molecule is CN(C)CC(O)Cn1nc(-c2c[nH]cc2-c2cn(C)c3ccccc23)c2cc(Cl)ccc21. The molecule has 7 heteroatoms. The largest absolute Gasteiger partial charge is 0.390 e. The highest BCUT2D eigenvalue weighted by molar-refractivity contribution is 6.31. The molecule has 32 heavy (non-hydrogen) atoms. The second-order valence-electron chi connectivity index (χ2n) is 8.56. The summed E-state index contributed by atoms with van der Waals surface area (Å²) < 4.78 is 4.03. The molecule has 6 nitrogen and oxygen atoms in total. The number of benzene rings is 2. The molecule has 164 valence electrons. The molecular weight excluding hydrogens is 422 g/mol. The average Bonchev–Trinajstić information content (AvgIpc) is 3.44. The van der Waals surface area contributed by atoms with E-state index in [1.54, 1.807) is 0 Å². The molecule has 3 heterocycles. The zero-order valence-electron chi connectivity index (χ0n) is 18.4. The molecular formula is C25H26ClN5O. The van der Waals surface area contributed by atoms with E-state index in [0.717, 1.165) is 33.3 Å². The lowest BCUT2D eigenvalue weighted by atomic mass is 10.0. The minimum atomic E-state index is -0.527. The van der Waals surface area contributed by atoms with Gasteiger partial charge < -0.3 is 19.6 Å². The molecule has 0 radical (unpaired) electrons. The van der Waals surface area contributed by atoms with Crippen LogP contribution in [0.3, 0.4) is 0 Å². The van der Waals surface area contributed by atoms with Crippen molar-refractivity contribution in [1.29, 1.82) is 0 Å². The standard InChI is InChI=1S/C25H26ClN5O/c1-29(2)13-17(32)14-31-24-9-8-16(26)10-19(24)25(28-31)21-12-27-11-20(21)22-15-30(3)23-7-5-4-6-18(22)23/h4-12,15,17,27,32H,13-14H2,1-3H3. The van der Waals surface area contributed by atoms with Crippen LogP contribution in [-0.2, 0) is 13.6 Å². The maximum Gasteiger partial charge on any atom is 0.102 e. The van der Waals surface area contributed by atoms with Crippen molar-refractivity contribution in [3.63, 3.8) is 0 Å². The number of hydrogen-bond donors (Lipinski definition) is 2. The molecule has 5 rings (SSSR count). The maximum atomic E-state index is 10.5. The maximum absolute atomic E-state index is 10.5. The number of nitrogens with zero attached hydrogens (tertiary/aromatic N) is 4. The Kier molecular flexibility index (Phi) is 5.29. The minimum absolute atomic E-state index is 0.407. The normalized spacial score (nSPS) is 12.9. The van der Waals surface area contributed by atoms with Gasteiger partial charge in [0, 0.05) is 70.2 Å². The monoisotopic (exact) mass is 447 g/mol. The highest BCUT2D eigenvalue weighted by Gasteiger charge is 2.20. The number of aromatic amines is 1. The Labute approximate surface area is 191 Å². The molecule has 0 saturated heterocycles. The first-order valence-electron chi connectivity index (χ1n) is 10.6. The van der Waals surface area contributed by atoms with Crippen LogP contribution in [0.1, 0.15) is 0 Å². The summed E-state index contributed by atoms with van der Waals surface area (Å²) in [7, 11) is 5.96. The summed E-state index contributed by atoms with van der Waals surface area (Å²) in [6.07, 6.45) is 5.64. The first-order chi connectivity index (χ1) is 15.4. The highest BCUT2D eigenvalue weighted by Crippen LogP contribution is 2.39. The Balaban J connectivity index is 1.67. The van der Waals surface area contributed by atoms with E-state index in [-0.39, 0.29) is 0 Å². The Morgan fingerprint density at radius 2 is 1.81 bits per heavy atom. The number of aryl methyl sites for hydroxylation is 1. The number of aromatic nitrogens is 4. The zero-order valence-corrected chi connectivity index (χ0v) is 19.1. The lowest BCUT2D eigenvalue weighted by Gasteiger charge is -2.16. The first-order valence-corrected chi connectivity index (χ1v) is 11.0. The van der Waals surface area contributed by atoms with Gasteiger partial charge in [0.15, 0.2) is 0 Å². The van der Waals surface area contributed by atoms with Crippen LogP contribution in [0.4, 0.5) is 0 Å². The van der Waals surface area contributed by atoms with Crippen molar-refractivity contribution >= 4 is 33.4 Å². The molecule has 0 saturated carbocycles. The van der Waals surface area contributed by atoms with Crippen molar-refractivity contribution in [3.8, 4) is 22.4 Å². The number of aliphatic hydroxyl groups is 1. The fraction of sp³-hybridized carbons (Fsp3) is 0.240. The molecule has 0 bridgehead atoms. The molecule has 0 aliphatic carbocycles. The van der Waals surface area contributed by atoms with Gasteiger partial charge in [-0.25, -0.2) is 0 Å². The number of nitrogens with one attached hydrogen (secondary N) is 1. The molecule has 2 aromatic carbocycles. The van der Waals surface area contributed by atoms with Gasteiger partial charge in [0.1, 0.15) is 5.69 Å². The van der Waals surface area contributed by atoms with Gasteiger partial charge in [-0.2, -0.15) is 5.10 Å². The van der Waals surface area contributed by atoms with Crippen LogP contribution in [0.2, 0.25) is 5.02 Å². The van der Waals surface area contributed by atoms with Gasteiger partial charge in [0.05, 0.1) is 18.2 Å². The lowest BCUT2D eigenvalue weighted by molar-refractivity contribution is 0.117. The number of aliphatic hydroxyl groups excluding tert-OH is 1. The predicted molar refractivity (Wildman–Crippen MR) is 131 cm³/mol. The third-order valence-corrected chi connectivity index (χ3v) is 6.09. The fourth-order valence-electron chi connectivity index (χ4n) is 4.51. The van der Waals surface area contributed by atoms with E-state index in [1.807, 2.05) is 54.3 Å². The van der Waals surface area contributed by atoms with Crippen molar-refractivity contribution in [2.75, 3.05) is 20.6 Å². The quantitative estimate of drug-likeness (QED) is 0.394. The molecule has 1 atom stereocenters. The average molecular weight is 448 g/mol. The van der Waals surface area contributed by atoms with Crippen molar-refractivity contribution in [2.24, 2.45) is 7.05 Å². The molecule has 0 spiro atoms. The summed E-state index contributed by atoms with van der Waals surface area (Å²) in [4.78, 5) is 5.25. The number of halogens is 1. The molecule has 0 aliphatic heterocycles. The molecule has 1 unspecified atom stereocenters. The Morgan fingerprint density at radius 3 is 2.62 bits per heavy atom. The number of fused-ring (bicyclic) bond motifs is 2. The third-order valence-electron chi connectivity index (χ3n) is 5.86. The molecule has 5 aromatic rings. The van der Waals surface area contributed by atoms with Crippen LogP contribution in [-0.4, -0.2) is 56.1 Å². The molecule has 3 aromatic heterocycles. The van der Waals surface area contributed by atoms with Gasteiger partial charge in [-0.05, 0) is 38.4 Å². The van der Waals surface area contributed by atoms with Crippen LogP contribution in [0, 0.1) is 0 Å². The summed E-state index contributed by atoms with van der Waals surface area (Å²) in [5.41, 5.74) is 6.23. The van der Waals surface area contributed by atoms with E-state index in [2.05, 4.69) is 47.1 Å². The third kappa shape index (κ3) is 3.60. The van der Waals surface area contributed by atoms with E-state index in [1.165, 1.54) is 10.9 Å². The van der Waals surface area contributed by atoms with Gasteiger partial charge in [0.25, 0.3) is 0 Å². The summed E-state index contributed by atoms with van der Waals surface area (Å²) in [6.45, 7) is 0.972. The zero-order chi connectivity index (χ0) is 22.4. The predicted octanol–water partition coefficient (Wildman–Crippen LogP) is 4.77. The number of likely N-dealkylation sites (N-methyl/N-ethyl adjacent to an activating group) is 1. The summed E-state index contributed by atoms with van der Waals surface area (Å²) >= 11 is 6.37. The summed E-state index contributed by atoms with van der Waals surface area (Å²) in [5, 5.41) is 18.3. The van der Waals surface area contributed by atoms with Crippen molar-refractivity contribution in [3.05, 3.63) is 66.1 Å². The van der Waals surface area contributed by atoms with Crippen LogP contribution in [0.5, 0.6) is 0 Å². The van der Waals surface area contributed by atoms with E-state index >= 15 is 0 Å². The van der Waals surface area contributed by atoms with Gasteiger partial charge >= 0.3 is 0 Å². The molecule has 0 amide bonds. The minimum Gasteiger partial charge on any atom is -0.390 e. The summed E-state index contributed by atoms with van der Waals surface area (Å²) in [6, 6.07) is 14.2. The van der Waals surface area contributed by atoms with E-state index in [0.29, 0.717) is 18.1 Å². The second kappa shape index (κ2) is 8.13. The van der Waals surface area contributed by atoms with Gasteiger partial charge in [0.2, 0.25) is 0 Å². The van der Waals surface area contributed by atoms with Gasteiger partial charge in [-0.1, -0.05) is 29.8 Å². The smallest absolute Gasteiger partial charge is 0.102 e. The van der Waals surface area contributed by atoms with Crippen molar-refractivity contribution in [1.82, 2.24) is 24.2 Å². The highest BCUT2D eigenvalue weighted by atomic mass is 35.5. The van der Waals surface area contributed by atoms with Crippen molar-refractivity contribution < 1.29 is 5.11 Å². The molecule has 2 N–H and O–H groups in total. The van der Waals surface area contributed by atoms with Crippen LogP contribution < -0.4 is 0 Å². The van der Waals surface area contributed by atoms with E-state index < -0.39 is 6.10 Å². The van der Waals surface area contributed by atoms with Crippen LogP contribution in [0.15, 0.2) is 61.1 Å². The van der Waals surface area contributed by atoms with Gasteiger partial charge in [-0.15, -0.1) is 0 Å². The van der Waals surface area contributed by atoms with E-state index in [4.69, 9.17) is 16.7 Å². The summed E-state index contributed by atoms with van der Waals surface area (Å²) in [5.74, 6) is 0. The molecule has 0 fully saturated rings. The number of rotatable bonds is 6. The second-order valence-corrected chi connectivity index (χ2v) is 9.00. The van der Waals surface area contributed by atoms with E-state index in [9.17, 15) is 5.11 Å². The van der Waals surface area contributed by atoms with Crippen LogP contribution >= 0.6 is 11.6 Å². The Hall–Kier alpha value is -3.06. The van der Waals surface area contributed by atoms with Gasteiger partial charge in [-0.3, -0.25) is 4.68 Å². The topological polar surface area (TPSA) is 62.0 Å². The van der Waals surface area contributed by atoms with Crippen molar-refractivity contribution in [2.45, 2.75) is 12.6 Å². The Morgan fingerprint density at radius 1 is 1.03 bits per heavy atom. The first kappa shape index (κ1) is 20.8. The number of para-hydroxylation sites is 1. The lowest BCUT2D eigenvalue weighted by Crippen LogP contribution is -2.29. The number of hydrogen-bond acceptors (Lipinski definition) is 3.